The van der Waals surface area contributed by atoms with Crippen molar-refractivity contribution < 1.29 is 15.0 Å². The van der Waals surface area contributed by atoms with Crippen LogP contribution in [0.4, 0.5) is 0 Å². The number of unbranched alkanes of at least 4 members (excludes halogenated alkanes) is 17. The average Bonchev–Trinajstić information content (AvgIpc) is 3.12. The highest BCUT2D eigenvalue weighted by atomic mass is 16.3. The minimum atomic E-state index is -0.877. The van der Waals surface area contributed by atoms with E-state index in [-0.39, 0.29) is 12.5 Å². The lowest BCUT2D eigenvalue weighted by Crippen LogP contribution is -2.45. The maximum Gasteiger partial charge on any atom is 0.220 e. The molecule has 0 heterocycles. The van der Waals surface area contributed by atoms with E-state index in [1.165, 1.54) is 89.9 Å². The summed E-state index contributed by atoms with van der Waals surface area (Å²) in [6.45, 7) is 4.16. The summed E-state index contributed by atoms with van der Waals surface area (Å²) in [5.74, 6) is -0.0910. The lowest BCUT2D eigenvalue weighted by atomic mass is 10.1. The van der Waals surface area contributed by atoms with Crippen LogP contribution in [0.3, 0.4) is 0 Å². The van der Waals surface area contributed by atoms with Crippen LogP contribution >= 0.6 is 0 Å². The number of aliphatic hydroxyl groups excluding tert-OH is 2. The number of allylic oxidation sites excluding steroid dienone is 13. The number of hydrogen-bond acceptors (Lipinski definition) is 3. The topological polar surface area (TPSA) is 69.6 Å². The molecule has 4 heteroatoms. The van der Waals surface area contributed by atoms with Crippen molar-refractivity contribution in [2.45, 2.75) is 193 Å². The quantitative estimate of drug-likeness (QED) is 0.0452. The van der Waals surface area contributed by atoms with Gasteiger partial charge in [-0.3, -0.25) is 4.79 Å². The van der Waals surface area contributed by atoms with Crippen molar-refractivity contribution in [3.63, 3.8) is 0 Å². The lowest BCUT2D eigenvalue weighted by molar-refractivity contribution is -0.123. The molecule has 0 aromatic carbocycles. The van der Waals surface area contributed by atoms with Crippen LogP contribution in [-0.4, -0.2) is 34.9 Å². The maximum atomic E-state index is 12.4. The zero-order valence-electron chi connectivity index (χ0n) is 32.6. The van der Waals surface area contributed by atoms with E-state index in [4.69, 9.17) is 0 Å². The number of aliphatic hydroxyl groups is 2. The summed E-state index contributed by atoms with van der Waals surface area (Å²) in [7, 11) is 0. The van der Waals surface area contributed by atoms with E-state index in [9.17, 15) is 15.0 Å². The number of carbonyl (C=O) groups is 1. The Balaban J connectivity index is 3.71. The summed E-state index contributed by atoms with van der Waals surface area (Å²) >= 11 is 0. The summed E-state index contributed by atoms with van der Waals surface area (Å²) in [5.41, 5.74) is 0. The Bertz CT molecular complexity index is 926. The van der Waals surface area contributed by atoms with Gasteiger partial charge in [0.25, 0.3) is 0 Å². The van der Waals surface area contributed by atoms with Gasteiger partial charge in [-0.05, 0) is 83.5 Å². The van der Waals surface area contributed by atoms with E-state index in [0.29, 0.717) is 6.42 Å². The molecule has 286 valence electrons. The highest BCUT2D eigenvalue weighted by Gasteiger charge is 2.17. The van der Waals surface area contributed by atoms with Crippen LogP contribution < -0.4 is 5.32 Å². The number of hydrogen-bond donors (Lipinski definition) is 3. The molecule has 0 aromatic rings. The lowest BCUT2D eigenvalue weighted by Gasteiger charge is -2.19. The molecule has 0 bridgehead atoms. The Hall–Kier alpha value is -2.43. The van der Waals surface area contributed by atoms with E-state index >= 15 is 0 Å². The van der Waals surface area contributed by atoms with Gasteiger partial charge in [-0.25, -0.2) is 0 Å². The SMILES string of the molecule is CC/C=C\C/C=C\C/C=C\C/C=C\CCCCCCCCCCC(=O)NC(CO)C(O)/C=C/CC/C=C/CC/C=C/CCCCCCCCC. The summed E-state index contributed by atoms with van der Waals surface area (Å²) in [6, 6.07) is -0.654. The molecule has 1 amide bonds. The number of carbonyl (C=O) groups excluding carboxylic acids is 1. The average molecular weight is 694 g/mol. The van der Waals surface area contributed by atoms with Crippen molar-refractivity contribution in [1.82, 2.24) is 5.32 Å². The van der Waals surface area contributed by atoms with Gasteiger partial charge in [0.15, 0.2) is 0 Å². The van der Waals surface area contributed by atoms with Crippen molar-refractivity contribution >= 4 is 5.91 Å². The van der Waals surface area contributed by atoms with E-state index in [0.717, 1.165) is 70.6 Å². The minimum Gasteiger partial charge on any atom is -0.394 e. The zero-order valence-corrected chi connectivity index (χ0v) is 32.6. The molecule has 0 aliphatic carbocycles. The molecule has 0 aromatic heterocycles. The van der Waals surface area contributed by atoms with Crippen LogP contribution in [0.2, 0.25) is 0 Å². The third-order valence-corrected chi connectivity index (χ3v) is 8.84. The van der Waals surface area contributed by atoms with E-state index in [2.05, 4.69) is 92.1 Å². The van der Waals surface area contributed by atoms with Crippen LogP contribution in [0.25, 0.3) is 0 Å². The normalized spacial score (nSPS) is 13.9. The van der Waals surface area contributed by atoms with Gasteiger partial charge in [0.1, 0.15) is 0 Å². The molecule has 3 N–H and O–H groups in total. The highest BCUT2D eigenvalue weighted by molar-refractivity contribution is 5.76. The minimum absolute atomic E-state index is 0.0910. The molecule has 0 aliphatic heterocycles. The van der Waals surface area contributed by atoms with Gasteiger partial charge >= 0.3 is 0 Å². The van der Waals surface area contributed by atoms with Crippen LogP contribution in [0.5, 0.6) is 0 Å². The van der Waals surface area contributed by atoms with Gasteiger partial charge in [-0.1, -0.05) is 176 Å². The van der Waals surface area contributed by atoms with Crippen LogP contribution in [0.15, 0.2) is 85.1 Å². The van der Waals surface area contributed by atoms with Crippen molar-refractivity contribution in [1.29, 1.82) is 0 Å². The van der Waals surface area contributed by atoms with Gasteiger partial charge in [-0.2, -0.15) is 0 Å². The predicted molar refractivity (Wildman–Crippen MR) is 220 cm³/mol. The van der Waals surface area contributed by atoms with Crippen molar-refractivity contribution in [2.75, 3.05) is 6.61 Å². The summed E-state index contributed by atoms with van der Waals surface area (Å²) in [4.78, 5) is 12.4. The molecule has 4 nitrogen and oxygen atoms in total. The largest absolute Gasteiger partial charge is 0.394 e. The van der Waals surface area contributed by atoms with Gasteiger partial charge in [0.05, 0.1) is 18.8 Å². The van der Waals surface area contributed by atoms with Gasteiger partial charge in [0, 0.05) is 6.42 Å². The Kier molecular flexibility index (Phi) is 39.0. The first-order valence-electron chi connectivity index (χ1n) is 20.8. The van der Waals surface area contributed by atoms with Crippen LogP contribution in [0.1, 0.15) is 181 Å². The summed E-state index contributed by atoms with van der Waals surface area (Å²) in [5, 5.41) is 22.9. The fraction of sp³-hybridized carbons (Fsp3) is 0.674. The van der Waals surface area contributed by atoms with Gasteiger partial charge in [-0.15, -0.1) is 0 Å². The van der Waals surface area contributed by atoms with E-state index in [1.807, 2.05) is 6.08 Å². The van der Waals surface area contributed by atoms with Crippen molar-refractivity contribution in [3.8, 4) is 0 Å². The van der Waals surface area contributed by atoms with Gasteiger partial charge in [0.2, 0.25) is 5.91 Å². The molecule has 0 aliphatic rings. The second-order valence-electron chi connectivity index (χ2n) is 13.7. The van der Waals surface area contributed by atoms with Crippen molar-refractivity contribution in [3.05, 3.63) is 85.1 Å². The molecule has 0 saturated carbocycles. The molecule has 2 unspecified atom stereocenters. The first-order chi connectivity index (χ1) is 24.7. The molecule has 0 rings (SSSR count). The van der Waals surface area contributed by atoms with E-state index in [1.54, 1.807) is 6.08 Å². The molecule has 0 radical (unpaired) electrons. The van der Waals surface area contributed by atoms with E-state index < -0.39 is 12.1 Å². The third kappa shape index (κ3) is 36.8. The second kappa shape index (κ2) is 41.0. The number of rotatable bonds is 36. The molecule has 0 fully saturated rings. The number of nitrogens with one attached hydrogen (secondary N) is 1. The predicted octanol–water partition coefficient (Wildman–Crippen LogP) is 12.9. The standard InChI is InChI=1S/C46H79NO3/c1-3-5-7-9-11-13-15-17-19-21-22-23-24-26-28-30-32-34-36-38-40-42-46(50)47-44(43-48)45(49)41-39-37-35-33-31-29-27-25-20-18-16-14-12-10-8-6-4-2/h5,7,11,13,17,19-20,22-23,25,31,33,39,41,44-45,48-49H,3-4,6,8-10,12,14-16,18,21,24,26-30,32,34-38,40,42-43H2,1-2H3,(H,47,50)/b7-5-,13-11-,19-17-,23-22-,25-20+,33-31+,41-39+. The fourth-order valence-electron chi connectivity index (χ4n) is 5.67. The Morgan fingerprint density at radius 3 is 1.40 bits per heavy atom. The smallest absolute Gasteiger partial charge is 0.220 e. The first-order valence-corrected chi connectivity index (χ1v) is 20.8. The molecule has 0 spiro atoms. The maximum absolute atomic E-state index is 12.4. The zero-order chi connectivity index (χ0) is 36.4. The second-order valence-corrected chi connectivity index (χ2v) is 13.7. The highest BCUT2D eigenvalue weighted by Crippen LogP contribution is 2.12. The van der Waals surface area contributed by atoms with Crippen molar-refractivity contribution in [2.24, 2.45) is 0 Å². The Morgan fingerprint density at radius 2 is 0.900 bits per heavy atom. The Morgan fingerprint density at radius 1 is 0.500 bits per heavy atom. The monoisotopic (exact) mass is 694 g/mol. The van der Waals surface area contributed by atoms with Crippen LogP contribution in [-0.2, 0) is 4.79 Å². The van der Waals surface area contributed by atoms with Crippen LogP contribution in [0, 0.1) is 0 Å². The van der Waals surface area contributed by atoms with Gasteiger partial charge < -0.3 is 15.5 Å². The summed E-state index contributed by atoms with van der Waals surface area (Å²) in [6.07, 6.45) is 59.6. The Labute approximate surface area is 310 Å². The third-order valence-electron chi connectivity index (χ3n) is 8.84. The molecule has 50 heavy (non-hydrogen) atoms. The number of amides is 1. The molecular formula is C46H79NO3. The summed E-state index contributed by atoms with van der Waals surface area (Å²) < 4.78 is 0. The molecule has 2 atom stereocenters. The molecular weight excluding hydrogens is 615 g/mol. The fourth-order valence-corrected chi connectivity index (χ4v) is 5.67. The molecule has 0 saturated heterocycles. The first kappa shape index (κ1) is 47.6.